The minimum Gasteiger partial charge on any atom is -0.493 e. The van der Waals surface area contributed by atoms with Gasteiger partial charge in [-0.25, -0.2) is 0 Å². The molecule has 7 heteroatoms. The number of benzene rings is 2. The molecule has 1 heterocycles. The number of rotatable bonds is 8. The average Bonchev–Trinajstić information content (AvgIpc) is 3.15. The van der Waals surface area contributed by atoms with Gasteiger partial charge in [0.05, 0.1) is 39.1 Å². The third-order valence-electron chi connectivity index (χ3n) is 4.53. The highest BCUT2D eigenvalue weighted by molar-refractivity contribution is 6.09. The number of carbonyl (C=O) groups excluding carboxylic acids is 1. The van der Waals surface area contributed by atoms with Crippen LogP contribution in [-0.2, 0) is 11.3 Å². The van der Waals surface area contributed by atoms with Crippen molar-refractivity contribution in [3.63, 3.8) is 0 Å². The number of ether oxygens (including phenoxy) is 4. The molecule has 3 aromatic rings. The largest absolute Gasteiger partial charge is 0.493 e. The number of nitrogens with one attached hydrogen (secondary N) is 1. The first kappa shape index (κ1) is 19.6. The van der Waals surface area contributed by atoms with Gasteiger partial charge in [-0.05, 0) is 30.3 Å². The van der Waals surface area contributed by atoms with Crippen molar-refractivity contribution in [3.8, 4) is 17.2 Å². The molecule has 148 valence electrons. The number of nitrogens with zero attached hydrogens (tertiary/aromatic N) is 1. The second kappa shape index (κ2) is 8.67. The van der Waals surface area contributed by atoms with E-state index in [1.807, 2.05) is 30.5 Å². The highest BCUT2D eigenvalue weighted by Crippen LogP contribution is 2.38. The van der Waals surface area contributed by atoms with Gasteiger partial charge < -0.3 is 28.8 Å². The summed E-state index contributed by atoms with van der Waals surface area (Å²) in [7, 11) is 6.23. The number of fused-ring (bicyclic) bond motifs is 1. The van der Waals surface area contributed by atoms with Crippen LogP contribution in [0.1, 0.15) is 10.4 Å². The Morgan fingerprint density at radius 3 is 2.32 bits per heavy atom. The molecule has 0 unspecified atom stereocenters. The van der Waals surface area contributed by atoms with Crippen LogP contribution in [0.15, 0.2) is 42.6 Å². The van der Waals surface area contributed by atoms with E-state index in [9.17, 15) is 4.79 Å². The lowest BCUT2D eigenvalue weighted by Gasteiger charge is -2.14. The zero-order valence-corrected chi connectivity index (χ0v) is 16.4. The third kappa shape index (κ3) is 3.75. The number of anilines is 1. The second-order valence-electron chi connectivity index (χ2n) is 6.11. The van der Waals surface area contributed by atoms with Crippen molar-refractivity contribution < 1.29 is 23.7 Å². The maximum atomic E-state index is 12.9. The number of amides is 1. The highest BCUT2D eigenvalue weighted by Gasteiger charge is 2.18. The standard InChI is InChI=1S/C21H24N2O5/c1-25-11-10-23-9-8-15-16(6-5-7-17(15)23)22-21(24)14-12-18(26-2)20(28-4)19(13-14)27-3/h5-9,12-13H,10-11H2,1-4H3,(H,22,24). The Bertz CT molecular complexity index is 955. The lowest BCUT2D eigenvalue weighted by molar-refractivity contribution is 0.102. The predicted octanol–water partition coefficient (Wildman–Crippen LogP) is 3.57. The third-order valence-corrected chi connectivity index (χ3v) is 4.53. The number of aromatic nitrogens is 1. The van der Waals surface area contributed by atoms with Crippen LogP contribution >= 0.6 is 0 Å². The summed E-state index contributed by atoms with van der Waals surface area (Å²) >= 11 is 0. The van der Waals surface area contributed by atoms with E-state index in [4.69, 9.17) is 18.9 Å². The van der Waals surface area contributed by atoms with Crippen LogP contribution in [0.5, 0.6) is 17.2 Å². The van der Waals surface area contributed by atoms with Crippen molar-refractivity contribution in [1.29, 1.82) is 0 Å². The second-order valence-corrected chi connectivity index (χ2v) is 6.11. The molecule has 0 bridgehead atoms. The molecule has 0 spiro atoms. The van der Waals surface area contributed by atoms with Gasteiger partial charge in [-0.1, -0.05) is 6.07 Å². The Balaban J connectivity index is 1.92. The summed E-state index contributed by atoms with van der Waals surface area (Å²) in [4.78, 5) is 12.9. The molecule has 7 nitrogen and oxygen atoms in total. The van der Waals surface area contributed by atoms with E-state index < -0.39 is 0 Å². The molecule has 1 N–H and O–H groups in total. The van der Waals surface area contributed by atoms with Crippen LogP contribution in [-0.4, -0.2) is 45.5 Å². The molecule has 0 fully saturated rings. The molecule has 2 aromatic carbocycles. The first-order valence-corrected chi connectivity index (χ1v) is 8.81. The monoisotopic (exact) mass is 384 g/mol. The highest BCUT2D eigenvalue weighted by atomic mass is 16.5. The molecule has 0 atom stereocenters. The Labute approximate surface area is 163 Å². The van der Waals surface area contributed by atoms with Gasteiger partial charge in [0.25, 0.3) is 5.91 Å². The number of carbonyl (C=O) groups is 1. The zero-order valence-electron chi connectivity index (χ0n) is 16.4. The van der Waals surface area contributed by atoms with Gasteiger partial charge in [-0.3, -0.25) is 4.79 Å². The fraction of sp³-hybridized carbons (Fsp3) is 0.286. The molecule has 0 saturated carbocycles. The van der Waals surface area contributed by atoms with Crippen LogP contribution in [0.2, 0.25) is 0 Å². The van der Waals surface area contributed by atoms with Crippen molar-refractivity contribution in [3.05, 3.63) is 48.2 Å². The van der Waals surface area contributed by atoms with E-state index in [2.05, 4.69) is 9.88 Å². The maximum absolute atomic E-state index is 12.9. The molecule has 0 aliphatic rings. The predicted molar refractivity (Wildman–Crippen MR) is 108 cm³/mol. The molecule has 0 saturated heterocycles. The van der Waals surface area contributed by atoms with Gasteiger partial charge in [-0.15, -0.1) is 0 Å². The molecule has 0 aliphatic carbocycles. The lowest BCUT2D eigenvalue weighted by Crippen LogP contribution is -2.13. The van der Waals surface area contributed by atoms with Gasteiger partial charge in [0.1, 0.15) is 0 Å². The molecule has 3 rings (SSSR count). The summed E-state index contributed by atoms with van der Waals surface area (Å²) in [6.07, 6.45) is 1.98. The van der Waals surface area contributed by atoms with Gasteiger partial charge in [0.2, 0.25) is 5.75 Å². The summed E-state index contributed by atoms with van der Waals surface area (Å²) in [5, 5.41) is 3.93. The van der Waals surface area contributed by atoms with E-state index in [1.165, 1.54) is 21.3 Å². The fourth-order valence-corrected chi connectivity index (χ4v) is 3.12. The van der Waals surface area contributed by atoms with Crippen LogP contribution in [0.3, 0.4) is 0 Å². The van der Waals surface area contributed by atoms with E-state index >= 15 is 0 Å². The van der Waals surface area contributed by atoms with E-state index in [1.54, 1.807) is 19.2 Å². The zero-order chi connectivity index (χ0) is 20.1. The Hall–Kier alpha value is -3.19. The first-order valence-electron chi connectivity index (χ1n) is 8.81. The Kier molecular flexibility index (Phi) is 6.06. The molecule has 1 amide bonds. The average molecular weight is 384 g/mol. The summed E-state index contributed by atoms with van der Waals surface area (Å²) in [6, 6.07) is 11.0. The topological polar surface area (TPSA) is 71.0 Å². The molecule has 0 radical (unpaired) electrons. The fourth-order valence-electron chi connectivity index (χ4n) is 3.12. The van der Waals surface area contributed by atoms with E-state index in [-0.39, 0.29) is 5.91 Å². The Morgan fingerprint density at radius 2 is 1.71 bits per heavy atom. The van der Waals surface area contributed by atoms with Crippen LogP contribution in [0.25, 0.3) is 10.9 Å². The van der Waals surface area contributed by atoms with Gasteiger partial charge in [-0.2, -0.15) is 0 Å². The van der Waals surface area contributed by atoms with Crippen molar-refractivity contribution in [2.45, 2.75) is 6.54 Å². The molecular weight excluding hydrogens is 360 g/mol. The van der Waals surface area contributed by atoms with E-state index in [0.717, 1.165) is 23.1 Å². The van der Waals surface area contributed by atoms with Crippen molar-refractivity contribution >= 4 is 22.5 Å². The summed E-state index contributed by atoms with van der Waals surface area (Å²) in [5.74, 6) is 1.03. The number of methoxy groups -OCH3 is 4. The normalized spacial score (nSPS) is 10.7. The number of hydrogen-bond acceptors (Lipinski definition) is 5. The molecule has 28 heavy (non-hydrogen) atoms. The van der Waals surface area contributed by atoms with E-state index in [0.29, 0.717) is 29.4 Å². The Morgan fingerprint density at radius 1 is 1.00 bits per heavy atom. The minimum atomic E-state index is -0.267. The van der Waals surface area contributed by atoms with Crippen LogP contribution in [0, 0.1) is 0 Å². The van der Waals surface area contributed by atoms with Crippen molar-refractivity contribution in [1.82, 2.24) is 4.57 Å². The van der Waals surface area contributed by atoms with Gasteiger partial charge in [0, 0.05) is 30.8 Å². The van der Waals surface area contributed by atoms with Crippen molar-refractivity contribution in [2.75, 3.05) is 40.4 Å². The van der Waals surface area contributed by atoms with Crippen LogP contribution < -0.4 is 19.5 Å². The molecule has 1 aromatic heterocycles. The first-order chi connectivity index (χ1) is 13.6. The lowest BCUT2D eigenvalue weighted by atomic mass is 10.1. The maximum Gasteiger partial charge on any atom is 0.255 e. The quantitative estimate of drug-likeness (QED) is 0.643. The molecular formula is C21H24N2O5. The smallest absolute Gasteiger partial charge is 0.255 e. The SMILES string of the molecule is COCCn1ccc2c(NC(=O)c3cc(OC)c(OC)c(OC)c3)cccc21. The minimum absolute atomic E-state index is 0.267. The van der Waals surface area contributed by atoms with Crippen molar-refractivity contribution in [2.24, 2.45) is 0 Å². The summed E-state index contributed by atoms with van der Waals surface area (Å²) in [6.45, 7) is 1.36. The molecule has 0 aliphatic heterocycles. The number of hydrogen-bond donors (Lipinski definition) is 1. The van der Waals surface area contributed by atoms with Gasteiger partial charge in [0.15, 0.2) is 11.5 Å². The van der Waals surface area contributed by atoms with Crippen LogP contribution in [0.4, 0.5) is 5.69 Å². The summed E-state index contributed by atoms with van der Waals surface area (Å²) < 4.78 is 23.2. The van der Waals surface area contributed by atoms with Gasteiger partial charge >= 0.3 is 0 Å². The summed E-state index contributed by atoms with van der Waals surface area (Å²) in [5.41, 5.74) is 2.16.